The normalized spacial score (nSPS) is 24.9. The number of hydrogen-bond donors (Lipinski definition) is 1. The minimum atomic E-state index is 0.838. The number of nitrogens with one attached hydrogen (secondary N) is 1. The van der Waals surface area contributed by atoms with Crippen LogP contribution in [0.4, 0.5) is 0 Å². The molecule has 0 aromatic carbocycles. The summed E-state index contributed by atoms with van der Waals surface area (Å²) in [5.41, 5.74) is 0. The predicted octanol–water partition coefficient (Wildman–Crippen LogP) is 3.74. The summed E-state index contributed by atoms with van der Waals surface area (Å²) < 4.78 is 0. The van der Waals surface area contributed by atoms with E-state index < -0.39 is 0 Å². The maximum absolute atomic E-state index is 3.66. The zero-order valence-electron chi connectivity index (χ0n) is 10.0. The lowest BCUT2D eigenvalue weighted by atomic mass is 9.89. The SMILES string of the molecule is CCCC[C@@H](CC)C[C@@H]1CCCCN1. The first-order valence-electron chi connectivity index (χ1n) is 6.60. The van der Waals surface area contributed by atoms with Gasteiger partial charge in [-0.25, -0.2) is 0 Å². The van der Waals surface area contributed by atoms with E-state index in [9.17, 15) is 0 Å². The van der Waals surface area contributed by atoms with E-state index in [1.54, 1.807) is 0 Å². The van der Waals surface area contributed by atoms with Gasteiger partial charge in [0, 0.05) is 6.04 Å². The lowest BCUT2D eigenvalue weighted by Crippen LogP contribution is -2.35. The maximum atomic E-state index is 3.66. The third-order valence-electron chi connectivity index (χ3n) is 3.57. The van der Waals surface area contributed by atoms with E-state index >= 15 is 0 Å². The van der Waals surface area contributed by atoms with E-state index in [2.05, 4.69) is 19.2 Å². The molecule has 1 rings (SSSR count). The Morgan fingerprint density at radius 3 is 2.71 bits per heavy atom. The molecular formula is C13H27N. The van der Waals surface area contributed by atoms with Gasteiger partial charge in [0.15, 0.2) is 0 Å². The number of unbranched alkanes of at least 4 members (excludes halogenated alkanes) is 1. The topological polar surface area (TPSA) is 12.0 Å². The molecule has 1 saturated heterocycles. The van der Waals surface area contributed by atoms with Gasteiger partial charge in [-0.05, 0) is 31.7 Å². The monoisotopic (exact) mass is 197 g/mol. The first-order chi connectivity index (χ1) is 6.86. The van der Waals surface area contributed by atoms with Crippen LogP contribution in [-0.4, -0.2) is 12.6 Å². The van der Waals surface area contributed by atoms with E-state index in [0.717, 1.165) is 12.0 Å². The van der Waals surface area contributed by atoms with Gasteiger partial charge in [-0.15, -0.1) is 0 Å². The van der Waals surface area contributed by atoms with Crippen LogP contribution in [0.15, 0.2) is 0 Å². The van der Waals surface area contributed by atoms with Gasteiger partial charge in [0.2, 0.25) is 0 Å². The Labute approximate surface area is 89.7 Å². The highest BCUT2D eigenvalue weighted by Gasteiger charge is 2.16. The van der Waals surface area contributed by atoms with Crippen LogP contribution in [0.3, 0.4) is 0 Å². The van der Waals surface area contributed by atoms with Crippen LogP contribution in [0.25, 0.3) is 0 Å². The van der Waals surface area contributed by atoms with Gasteiger partial charge in [0.25, 0.3) is 0 Å². The zero-order valence-corrected chi connectivity index (χ0v) is 10.0. The summed E-state index contributed by atoms with van der Waals surface area (Å²) in [5.74, 6) is 0.977. The van der Waals surface area contributed by atoms with E-state index in [-0.39, 0.29) is 0 Å². The van der Waals surface area contributed by atoms with Crippen LogP contribution < -0.4 is 5.32 Å². The Morgan fingerprint density at radius 1 is 1.29 bits per heavy atom. The largest absolute Gasteiger partial charge is 0.314 e. The van der Waals surface area contributed by atoms with Gasteiger partial charge >= 0.3 is 0 Å². The molecule has 0 aromatic heterocycles. The Hall–Kier alpha value is -0.0400. The van der Waals surface area contributed by atoms with Crippen LogP contribution in [0.1, 0.15) is 65.2 Å². The van der Waals surface area contributed by atoms with Gasteiger partial charge in [0.05, 0.1) is 0 Å². The second kappa shape index (κ2) is 7.28. The zero-order chi connectivity index (χ0) is 10.2. The van der Waals surface area contributed by atoms with Crippen molar-refractivity contribution in [2.45, 2.75) is 71.3 Å². The summed E-state index contributed by atoms with van der Waals surface area (Å²) in [4.78, 5) is 0. The molecule has 0 spiro atoms. The summed E-state index contributed by atoms with van der Waals surface area (Å²) in [6.07, 6.45) is 11.3. The summed E-state index contributed by atoms with van der Waals surface area (Å²) in [6, 6.07) is 0.838. The van der Waals surface area contributed by atoms with Gasteiger partial charge in [-0.3, -0.25) is 0 Å². The average Bonchev–Trinajstić information content (AvgIpc) is 2.25. The molecule has 0 saturated carbocycles. The van der Waals surface area contributed by atoms with Crippen molar-refractivity contribution in [3.05, 3.63) is 0 Å². The van der Waals surface area contributed by atoms with E-state index in [4.69, 9.17) is 0 Å². The van der Waals surface area contributed by atoms with Crippen molar-refractivity contribution >= 4 is 0 Å². The average molecular weight is 197 g/mol. The molecule has 0 aromatic rings. The maximum Gasteiger partial charge on any atom is 0.00697 e. The first-order valence-corrected chi connectivity index (χ1v) is 6.60. The fraction of sp³-hybridized carbons (Fsp3) is 1.00. The van der Waals surface area contributed by atoms with Crippen molar-refractivity contribution in [2.24, 2.45) is 5.92 Å². The lowest BCUT2D eigenvalue weighted by Gasteiger charge is -2.27. The molecule has 1 aliphatic rings. The summed E-state index contributed by atoms with van der Waals surface area (Å²) in [5, 5.41) is 3.66. The standard InChI is InChI=1S/C13H27N/c1-3-5-8-12(4-2)11-13-9-6-7-10-14-13/h12-14H,3-11H2,1-2H3/t12-,13+/m1/s1. The van der Waals surface area contributed by atoms with Crippen molar-refractivity contribution in [3.8, 4) is 0 Å². The Balaban J connectivity index is 2.16. The number of hydrogen-bond acceptors (Lipinski definition) is 1. The molecule has 0 radical (unpaired) electrons. The fourth-order valence-electron chi connectivity index (χ4n) is 2.51. The van der Waals surface area contributed by atoms with Crippen LogP contribution in [0.2, 0.25) is 0 Å². The summed E-state index contributed by atoms with van der Waals surface area (Å²) >= 11 is 0. The predicted molar refractivity (Wildman–Crippen MR) is 63.6 cm³/mol. The van der Waals surface area contributed by atoms with Gasteiger partial charge in [0.1, 0.15) is 0 Å². The van der Waals surface area contributed by atoms with Crippen LogP contribution in [0.5, 0.6) is 0 Å². The first kappa shape index (κ1) is 12.0. The molecule has 2 atom stereocenters. The van der Waals surface area contributed by atoms with Crippen LogP contribution in [0, 0.1) is 5.92 Å². The Morgan fingerprint density at radius 2 is 2.14 bits per heavy atom. The van der Waals surface area contributed by atoms with Crippen LogP contribution >= 0.6 is 0 Å². The molecule has 0 unspecified atom stereocenters. The van der Waals surface area contributed by atoms with Gasteiger partial charge in [-0.2, -0.15) is 0 Å². The third-order valence-corrected chi connectivity index (χ3v) is 3.57. The Bertz CT molecular complexity index is 127. The molecule has 0 amide bonds. The molecule has 1 nitrogen and oxygen atoms in total. The molecule has 1 aliphatic heterocycles. The summed E-state index contributed by atoms with van der Waals surface area (Å²) in [6.45, 7) is 5.91. The fourth-order valence-corrected chi connectivity index (χ4v) is 2.51. The van der Waals surface area contributed by atoms with Crippen molar-refractivity contribution < 1.29 is 0 Å². The van der Waals surface area contributed by atoms with Gasteiger partial charge in [-0.1, -0.05) is 46.0 Å². The molecular weight excluding hydrogens is 170 g/mol. The highest BCUT2D eigenvalue weighted by molar-refractivity contribution is 4.75. The minimum absolute atomic E-state index is 0.838. The second-order valence-corrected chi connectivity index (χ2v) is 4.80. The molecule has 1 heteroatoms. The molecule has 1 heterocycles. The Kier molecular flexibility index (Phi) is 6.25. The third kappa shape index (κ3) is 4.45. The molecule has 1 N–H and O–H groups in total. The lowest BCUT2D eigenvalue weighted by molar-refractivity contribution is 0.307. The number of rotatable bonds is 6. The highest BCUT2D eigenvalue weighted by Crippen LogP contribution is 2.22. The van der Waals surface area contributed by atoms with E-state index in [1.165, 1.54) is 57.9 Å². The molecule has 0 bridgehead atoms. The minimum Gasteiger partial charge on any atom is -0.314 e. The van der Waals surface area contributed by atoms with E-state index in [0.29, 0.717) is 0 Å². The van der Waals surface area contributed by atoms with Gasteiger partial charge < -0.3 is 5.32 Å². The molecule has 1 fully saturated rings. The van der Waals surface area contributed by atoms with Crippen molar-refractivity contribution in [2.75, 3.05) is 6.54 Å². The quantitative estimate of drug-likeness (QED) is 0.684. The molecule has 84 valence electrons. The molecule has 14 heavy (non-hydrogen) atoms. The van der Waals surface area contributed by atoms with E-state index in [1.807, 2.05) is 0 Å². The summed E-state index contributed by atoms with van der Waals surface area (Å²) in [7, 11) is 0. The van der Waals surface area contributed by atoms with Crippen molar-refractivity contribution in [1.29, 1.82) is 0 Å². The van der Waals surface area contributed by atoms with Crippen molar-refractivity contribution in [1.82, 2.24) is 5.32 Å². The van der Waals surface area contributed by atoms with Crippen molar-refractivity contribution in [3.63, 3.8) is 0 Å². The second-order valence-electron chi connectivity index (χ2n) is 4.80. The smallest absolute Gasteiger partial charge is 0.00697 e. The number of piperidine rings is 1. The van der Waals surface area contributed by atoms with Crippen LogP contribution in [-0.2, 0) is 0 Å². The highest BCUT2D eigenvalue weighted by atomic mass is 14.9. The molecule has 0 aliphatic carbocycles.